The van der Waals surface area contributed by atoms with Gasteiger partial charge in [-0.25, -0.2) is 0 Å². The van der Waals surface area contributed by atoms with E-state index in [9.17, 15) is 10.2 Å². The van der Waals surface area contributed by atoms with Gasteiger partial charge in [-0.1, -0.05) is 43.7 Å². The number of aliphatic hydroxyl groups excluding tert-OH is 2. The van der Waals surface area contributed by atoms with Crippen LogP contribution in [-0.2, 0) is 14.2 Å². The molecule has 0 saturated carbocycles. The van der Waals surface area contributed by atoms with Crippen molar-refractivity contribution < 1.29 is 24.4 Å². The van der Waals surface area contributed by atoms with E-state index in [-0.39, 0.29) is 0 Å². The molecule has 1 aromatic carbocycles. The van der Waals surface area contributed by atoms with E-state index < -0.39 is 36.9 Å². The van der Waals surface area contributed by atoms with Gasteiger partial charge in [-0.2, -0.15) is 0 Å². The lowest BCUT2D eigenvalue weighted by atomic mass is 9.97. The molecule has 1 unspecified atom stereocenters. The molecule has 2 aliphatic heterocycles. The molecule has 2 saturated heterocycles. The zero-order valence-corrected chi connectivity index (χ0v) is 13.3. The average molecular weight is 323 g/mol. The number of hydrogen-bond donors (Lipinski definition) is 3. The molecule has 3 rings (SSSR count). The first-order chi connectivity index (χ1) is 11.2. The molecule has 128 valence electrons. The Morgan fingerprint density at radius 3 is 2.65 bits per heavy atom. The van der Waals surface area contributed by atoms with Crippen LogP contribution in [-0.4, -0.2) is 54.0 Å². The van der Waals surface area contributed by atoms with Gasteiger partial charge in [0.2, 0.25) is 0 Å². The van der Waals surface area contributed by atoms with Gasteiger partial charge in [-0.15, -0.1) is 0 Å². The number of nitrogens with one attached hydrogen (secondary N) is 1. The molecule has 23 heavy (non-hydrogen) atoms. The minimum Gasteiger partial charge on any atom is -0.387 e. The van der Waals surface area contributed by atoms with E-state index in [1.54, 1.807) is 0 Å². The summed E-state index contributed by atoms with van der Waals surface area (Å²) in [7, 11) is 0. The van der Waals surface area contributed by atoms with Crippen LogP contribution in [0.4, 0.5) is 0 Å². The van der Waals surface area contributed by atoms with E-state index in [0.717, 1.165) is 24.9 Å². The van der Waals surface area contributed by atoms with Crippen LogP contribution in [0.2, 0.25) is 0 Å². The Bertz CT molecular complexity index is 483. The molecule has 6 nitrogen and oxygen atoms in total. The van der Waals surface area contributed by atoms with Crippen molar-refractivity contribution in [2.45, 2.75) is 56.7 Å². The van der Waals surface area contributed by atoms with Crippen LogP contribution in [0.3, 0.4) is 0 Å². The van der Waals surface area contributed by atoms with Crippen LogP contribution in [0.25, 0.3) is 0 Å². The van der Waals surface area contributed by atoms with Crippen LogP contribution < -0.4 is 5.32 Å². The van der Waals surface area contributed by atoms with Crippen LogP contribution >= 0.6 is 0 Å². The number of aliphatic hydroxyl groups is 2. The van der Waals surface area contributed by atoms with Gasteiger partial charge in [0.25, 0.3) is 0 Å². The number of fused-ring (bicyclic) bond motifs is 1. The number of rotatable bonds is 5. The van der Waals surface area contributed by atoms with Crippen molar-refractivity contribution in [3.8, 4) is 0 Å². The summed E-state index contributed by atoms with van der Waals surface area (Å²) in [4.78, 5) is 0. The van der Waals surface area contributed by atoms with Crippen LogP contribution in [0.5, 0.6) is 0 Å². The highest BCUT2D eigenvalue weighted by molar-refractivity contribution is 5.16. The Kier molecular flexibility index (Phi) is 5.63. The van der Waals surface area contributed by atoms with Crippen molar-refractivity contribution in [2.24, 2.45) is 0 Å². The van der Waals surface area contributed by atoms with E-state index in [0.29, 0.717) is 6.61 Å². The van der Waals surface area contributed by atoms with Crippen molar-refractivity contribution in [2.75, 3.05) is 13.2 Å². The fraction of sp³-hybridized carbons (Fsp3) is 0.647. The lowest BCUT2D eigenvalue weighted by molar-refractivity contribution is -0.331. The highest BCUT2D eigenvalue weighted by Gasteiger charge is 2.48. The molecular weight excluding hydrogens is 298 g/mol. The molecule has 1 aromatic rings. The highest BCUT2D eigenvalue weighted by Crippen LogP contribution is 2.33. The maximum Gasteiger partial charge on any atom is 0.184 e. The summed E-state index contributed by atoms with van der Waals surface area (Å²) in [6, 6.07) is 9.55. The molecule has 6 heteroatoms. The summed E-state index contributed by atoms with van der Waals surface area (Å²) in [6.45, 7) is 3.15. The van der Waals surface area contributed by atoms with E-state index in [1.165, 1.54) is 0 Å². The third-order valence-electron chi connectivity index (χ3n) is 4.32. The summed E-state index contributed by atoms with van der Waals surface area (Å²) in [6.07, 6.45) is -2.15. The van der Waals surface area contributed by atoms with Crippen molar-refractivity contribution in [3.63, 3.8) is 0 Å². The lowest BCUT2D eigenvalue weighted by Crippen LogP contribution is -2.64. The molecule has 2 heterocycles. The minimum atomic E-state index is -1.03. The van der Waals surface area contributed by atoms with Gasteiger partial charge in [0.1, 0.15) is 30.6 Å². The van der Waals surface area contributed by atoms with Gasteiger partial charge < -0.3 is 24.4 Å². The minimum absolute atomic E-state index is 0.319. The second-order valence-electron chi connectivity index (χ2n) is 6.06. The van der Waals surface area contributed by atoms with Gasteiger partial charge >= 0.3 is 0 Å². The molecule has 0 radical (unpaired) electrons. The highest BCUT2D eigenvalue weighted by atomic mass is 16.7. The fourth-order valence-electron chi connectivity index (χ4n) is 2.98. The molecule has 0 aromatic heterocycles. The maximum absolute atomic E-state index is 10.4. The third kappa shape index (κ3) is 3.74. The number of unbranched alkanes of at least 4 members (excludes halogenated alkanes) is 1. The lowest BCUT2D eigenvalue weighted by Gasteiger charge is -2.46. The Hall–Kier alpha value is -1.02. The summed E-state index contributed by atoms with van der Waals surface area (Å²) >= 11 is 0. The summed E-state index contributed by atoms with van der Waals surface area (Å²) < 4.78 is 17.4. The van der Waals surface area contributed by atoms with Crippen molar-refractivity contribution in [1.29, 1.82) is 0 Å². The summed E-state index contributed by atoms with van der Waals surface area (Å²) in [5.41, 5.74) is 0.885. The van der Waals surface area contributed by atoms with E-state index >= 15 is 0 Å². The molecule has 0 bridgehead atoms. The quantitative estimate of drug-likeness (QED) is 0.700. The number of hydrogen-bond acceptors (Lipinski definition) is 6. The van der Waals surface area contributed by atoms with E-state index in [4.69, 9.17) is 14.2 Å². The molecule has 0 spiro atoms. The van der Waals surface area contributed by atoms with Gasteiger partial charge in [-0.05, 0) is 13.0 Å². The SMILES string of the molecule is CCCCN[C@H]1O[C@@H]2COC(c3ccccc3)O[C@H]2[C@H](O)[C@H]1O. The molecule has 0 aliphatic carbocycles. The summed E-state index contributed by atoms with van der Waals surface area (Å²) in [5.74, 6) is 0. The molecule has 2 aliphatic rings. The standard InChI is InChI=1S/C17H25NO5/c1-2-3-9-18-16-14(20)13(19)15-12(22-16)10-21-17(23-15)11-7-5-4-6-8-11/h4-8,12-20H,2-3,9-10H2,1H3/t12-,13-,14-,15-,16+,17?/m1/s1. The molecule has 6 atom stereocenters. The molecular formula is C17H25NO5. The van der Waals surface area contributed by atoms with E-state index in [2.05, 4.69) is 12.2 Å². The second kappa shape index (κ2) is 7.70. The monoisotopic (exact) mass is 323 g/mol. The number of benzene rings is 1. The molecule has 3 N–H and O–H groups in total. The maximum atomic E-state index is 10.4. The van der Waals surface area contributed by atoms with Crippen LogP contribution in [0.1, 0.15) is 31.6 Å². The predicted octanol–water partition coefficient (Wildman–Crippen LogP) is 0.937. The van der Waals surface area contributed by atoms with Crippen LogP contribution in [0, 0.1) is 0 Å². The van der Waals surface area contributed by atoms with Crippen molar-refractivity contribution in [3.05, 3.63) is 35.9 Å². The largest absolute Gasteiger partial charge is 0.387 e. The first-order valence-electron chi connectivity index (χ1n) is 8.27. The molecule has 0 amide bonds. The Labute approximate surface area is 136 Å². The zero-order valence-electron chi connectivity index (χ0n) is 13.3. The smallest absolute Gasteiger partial charge is 0.184 e. The fourth-order valence-corrected chi connectivity index (χ4v) is 2.98. The van der Waals surface area contributed by atoms with Crippen molar-refractivity contribution >= 4 is 0 Å². The topological polar surface area (TPSA) is 80.2 Å². The van der Waals surface area contributed by atoms with Gasteiger partial charge in [0, 0.05) is 5.56 Å². The van der Waals surface area contributed by atoms with Gasteiger partial charge in [-0.3, -0.25) is 5.32 Å². The Morgan fingerprint density at radius 2 is 1.91 bits per heavy atom. The molecule has 2 fully saturated rings. The van der Waals surface area contributed by atoms with Gasteiger partial charge in [0.15, 0.2) is 6.29 Å². The Balaban J connectivity index is 1.63. The average Bonchev–Trinajstić information content (AvgIpc) is 2.60. The van der Waals surface area contributed by atoms with Crippen molar-refractivity contribution in [1.82, 2.24) is 5.32 Å². The zero-order chi connectivity index (χ0) is 16.2. The summed E-state index contributed by atoms with van der Waals surface area (Å²) in [5, 5.41) is 23.8. The van der Waals surface area contributed by atoms with Crippen LogP contribution in [0.15, 0.2) is 30.3 Å². The third-order valence-corrected chi connectivity index (χ3v) is 4.32. The second-order valence-corrected chi connectivity index (χ2v) is 6.06. The van der Waals surface area contributed by atoms with Gasteiger partial charge in [0.05, 0.1) is 6.61 Å². The first-order valence-corrected chi connectivity index (χ1v) is 8.27. The normalized spacial score (nSPS) is 37.3. The first kappa shape index (κ1) is 16.8. The van der Waals surface area contributed by atoms with E-state index in [1.807, 2.05) is 30.3 Å². The number of ether oxygens (including phenoxy) is 3. The Morgan fingerprint density at radius 1 is 1.13 bits per heavy atom. The predicted molar refractivity (Wildman–Crippen MR) is 83.6 cm³/mol.